The molecule has 0 spiro atoms. The van der Waals surface area contributed by atoms with Crippen LogP contribution in [0.1, 0.15) is 41.6 Å². The maximum absolute atomic E-state index is 11.9. The highest BCUT2D eigenvalue weighted by molar-refractivity contribution is 6.05. The first-order chi connectivity index (χ1) is 9.23. The lowest BCUT2D eigenvalue weighted by Gasteiger charge is -2.32. The van der Waals surface area contributed by atoms with Crippen molar-refractivity contribution >= 4 is 17.4 Å². The molecular weight excluding hydrogens is 246 g/mol. The lowest BCUT2D eigenvalue weighted by molar-refractivity contribution is -0.308. The van der Waals surface area contributed by atoms with Crippen LogP contribution in [0.3, 0.4) is 0 Å². The molecule has 1 saturated carbocycles. The molecule has 100 valence electrons. The van der Waals surface area contributed by atoms with Crippen molar-refractivity contribution in [2.24, 2.45) is 4.99 Å². The van der Waals surface area contributed by atoms with Crippen molar-refractivity contribution < 1.29 is 19.7 Å². The number of aliphatic imine (C=N–C) groups is 1. The fourth-order valence-electron chi connectivity index (χ4n) is 3.06. The zero-order chi connectivity index (χ0) is 13.5. The third kappa shape index (κ3) is 1.62. The molecule has 1 atom stereocenters. The Labute approximate surface area is 110 Å². The van der Waals surface area contributed by atoms with Gasteiger partial charge in [-0.2, -0.15) is 0 Å². The van der Waals surface area contributed by atoms with Gasteiger partial charge in [-0.1, -0.05) is 6.07 Å². The maximum Gasteiger partial charge on any atom is 0.338 e. The van der Waals surface area contributed by atoms with Gasteiger partial charge >= 0.3 is 5.97 Å². The van der Waals surface area contributed by atoms with E-state index in [-0.39, 0.29) is 0 Å². The summed E-state index contributed by atoms with van der Waals surface area (Å²) in [7, 11) is 1.34. The Hall–Kier alpha value is -1.72. The summed E-state index contributed by atoms with van der Waals surface area (Å²) in [4.78, 5) is 21.2. The van der Waals surface area contributed by atoms with E-state index in [1.807, 2.05) is 6.07 Å². The predicted molar refractivity (Wildman–Crippen MR) is 68.7 cm³/mol. The molecule has 19 heavy (non-hydrogen) atoms. The van der Waals surface area contributed by atoms with Gasteiger partial charge in [-0.25, -0.2) is 9.68 Å². The van der Waals surface area contributed by atoms with E-state index in [4.69, 9.17) is 9.62 Å². The summed E-state index contributed by atoms with van der Waals surface area (Å²) in [5, 5.41) is 9.44. The van der Waals surface area contributed by atoms with E-state index in [1.54, 1.807) is 12.1 Å². The van der Waals surface area contributed by atoms with Crippen LogP contribution in [0.5, 0.6) is 0 Å². The topological polar surface area (TPSA) is 68.1 Å². The number of benzene rings is 1. The van der Waals surface area contributed by atoms with E-state index in [1.165, 1.54) is 7.11 Å². The number of carbonyl (C=O) groups is 1. The Morgan fingerprint density at radius 2 is 2.26 bits per heavy atom. The van der Waals surface area contributed by atoms with Crippen LogP contribution in [-0.4, -0.2) is 24.0 Å². The summed E-state index contributed by atoms with van der Waals surface area (Å²) in [5.74, 6) is -0.435. The van der Waals surface area contributed by atoms with Crippen LogP contribution in [0, 0.1) is 0 Å². The second-order valence-corrected chi connectivity index (χ2v) is 4.88. The van der Waals surface area contributed by atoms with Crippen LogP contribution in [-0.2, 0) is 15.2 Å². The quantitative estimate of drug-likeness (QED) is 0.505. The van der Waals surface area contributed by atoms with Crippen LogP contribution in [0.15, 0.2) is 23.2 Å². The van der Waals surface area contributed by atoms with Gasteiger partial charge in [-0.3, -0.25) is 10.2 Å². The van der Waals surface area contributed by atoms with Crippen molar-refractivity contribution in [3.8, 4) is 0 Å². The third-order valence-electron chi connectivity index (χ3n) is 3.92. The zero-order valence-corrected chi connectivity index (χ0v) is 10.7. The molecule has 1 aromatic rings. The van der Waals surface area contributed by atoms with Crippen molar-refractivity contribution in [2.45, 2.75) is 31.3 Å². The molecule has 0 bridgehead atoms. The number of hydrogen-bond acceptors (Lipinski definition) is 5. The van der Waals surface area contributed by atoms with Gasteiger partial charge in [0.2, 0.25) is 0 Å². The molecule has 3 rings (SSSR count). The Bertz CT molecular complexity index is 567. The SMILES string of the molecule is COC(=O)c1cccc2c1C1(OO)CCCCC1=N2. The first kappa shape index (κ1) is 12.3. The molecule has 1 N–H and O–H groups in total. The molecular formula is C14H15NO4. The van der Waals surface area contributed by atoms with Crippen LogP contribution in [0.2, 0.25) is 0 Å². The molecule has 0 radical (unpaired) electrons. The summed E-state index contributed by atoms with van der Waals surface area (Å²) in [6, 6.07) is 5.27. The summed E-state index contributed by atoms with van der Waals surface area (Å²) >= 11 is 0. The van der Waals surface area contributed by atoms with Gasteiger partial charge in [0.15, 0.2) is 5.60 Å². The van der Waals surface area contributed by atoms with Crippen molar-refractivity contribution in [1.82, 2.24) is 0 Å². The molecule has 0 aromatic heterocycles. The zero-order valence-electron chi connectivity index (χ0n) is 10.7. The molecule has 0 saturated heterocycles. The van der Waals surface area contributed by atoms with Gasteiger partial charge in [0.05, 0.1) is 24.1 Å². The van der Waals surface area contributed by atoms with Crippen LogP contribution < -0.4 is 0 Å². The molecule has 1 aliphatic carbocycles. The molecule has 1 aromatic carbocycles. The molecule has 1 fully saturated rings. The van der Waals surface area contributed by atoms with Gasteiger partial charge in [0.25, 0.3) is 0 Å². The molecule has 1 aliphatic heterocycles. The Kier molecular flexibility index (Phi) is 2.88. The van der Waals surface area contributed by atoms with E-state index >= 15 is 0 Å². The fraction of sp³-hybridized carbons (Fsp3) is 0.429. The van der Waals surface area contributed by atoms with Crippen LogP contribution in [0.4, 0.5) is 5.69 Å². The second kappa shape index (κ2) is 4.43. The van der Waals surface area contributed by atoms with Crippen LogP contribution >= 0.6 is 0 Å². The van der Waals surface area contributed by atoms with Crippen molar-refractivity contribution in [3.05, 3.63) is 29.3 Å². The van der Waals surface area contributed by atoms with E-state index in [0.717, 1.165) is 25.0 Å². The smallest absolute Gasteiger partial charge is 0.338 e. The van der Waals surface area contributed by atoms with Gasteiger partial charge in [-0.05, 0) is 37.8 Å². The average Bonchev–Trinajstić information content (AvgIpc) is 2.81. The highest BCUT2D eigenvalue weighted by Gasteiger charge is 2.49. The van der Waals surface area contributed by atoms with Crippen LogP contribution in [0.25, 0.3) is 0 Å². The Morgan fingerprint density at radius 3 is 3.00 bits per heavy atom. The standard InChI is InChI=1S/C14H15NO4/c1-18-13(16)9-5-4-6-10-12(9)14(19-17)8-3-2-7-11(14)15-10/h4-6,17H,2-3,7-8H2,1H3. The minimum absolute atomic E-state index is 0.412. The monoisotopic (exact) mass is 261 g/mol. The van der Waals surface area contributed by atoms with Crippen molar-refractivity contribution in [1.29, 1.82) is 0 Å². The predicted octanol–water partition coefficient (Wildman–Crippen LogP) is 2.82. The number of hydrogen-bond donors (Lipinski definition) is 1. The number of esters is 1. The minimum Gasteiger partial charge on any atom is -0.465 e. The van der Waals surface area contributed by atoms with Gasteiger partial charge in [0.1, 0.15) is 0 Å². The van der Waals surface area contributed by atoms with Crippen molar-refractivity contribution in [2.75, 3.05) is 7.11 Å². The van der Waals surface area contributed by atoms with Gasteiger partial charge in [0, 0.05) is 5.56 Å². The first-order valence-electron chi connectivity index (χ1n) is 6.35. The number of nitrogens with zero attached hydrogens (tertiary/aromatic N) is 1. The lowest BCUT2D eigenvalue weighted by Crippen LogP contribution is -2.39. The molecule has 2 aliphatic rings. The first-order valence-corrected chi connectivity index (χ1v) is 6.35. The maximum atomic E-state index is 11.9. The number of fused-ring (bicyclic) bond motifs is 3. The van der Waals surface area contributed by atoms with E-state index in [0.29, 0.717) is 23.2 Å². The highest BCUT2D eigenvalue weighted by Crippen LogP contribution is 2.49. The summed E-state index contributed by atoms with van der Waals surface area (Å²) in [6.07, 6.45) is 3.35. The number of carbonyl (C=O) groups excluding carboxylic acids is 1. The summed E-state index contributed by atoms with van der Waals surface area (Å²) in [5.41, 5.74) is 1.58. The lowest BCUT2D eigenvalue weighted by atomic mass is 9.77. The summed E-state index contributed by atoms with van der Waals surface area (Å²) < 4.78 is 4.80. The number of ether oxygens (including phenoxy) is 1. The molecule has 1 unspecified atom stereocenters. The van der Waals surface area contributed by atoms with E-state index in [9.17, 15) is 10.1 Å². The molecule has 5 nitrogen and oxygen atoms in total. The van der Waals surface area contributed by atoms with Gasteiger partial charge in [-0.15, -0.1) is 0 Å². The fourth-order valence-corrected chi connectivity index (χ4v) is 3.06. The number of methoxy groups -OCH3 is 1. The largest absolute Gasteiger partial charge is 0.465 e. The molecule has 1 heterocycles. The minimum atomic E-state index is -0.960. The normalized spacial score (nSPS) is 24.4. The highest BCUT2D eigenvalue weighted by atomic mass is 17.1. The Balaban J connectivity index is 2.21. The number of rotatable bonds is 2. The third-order valence-corrected chi connectivity index (χ3v) is 3.92. The second-order valence-electron chi connectivity index (χ2n) is 4.88. The molecule has 0 amide bonds. The van der Waals surface area contributed by atoms with E-state index in [2.05, 4.69) is 4.99 Å². The van der Waals surface area contributed by atoms with E-state index < -0.39 is 11.6 Å². The summed E-state index contributed by atoms with van der Waals surface area (Å²) in [6.45, 7) is 0. The Morgan fingerprint density at radius 1 is 1.42 bits per heavy atom. The molecule has 5 heteroatoms. The van der Waals surface area contributed by atoms with Crippen molar-refractivity contribution in [3.63, 3.8) is 0 Å². The van der Waals surface area contributed by atoms with Gasteiger partial charge < -0.3 is 4.74 Å². The average molecular weight is 261 g/mol.